The lowest BCUT2D eigenvalue weighted by molar-refractivity contribution is 1.11. The summed E-state index contributed by atoms with van der Waals surface area (Å²) < 4.78 is 1.84. The second kappa shape index (κ2) is 4.89. The summed E-state index contributed by atoms with van der Waals surface area (Å²) in [6, 6.07) is 10.3. The molecule has 0 aliphatic heterocycles. The molecule has 0 aliphatic rings. The standard InChI is InChI=1S/C14H13N5/c15-13-12-14(17-9-16-13)19(10-18-12)8-4-7-11-5-2-1-3-6-11/h1-6,8-10H,7H2,(H2,15,16,17)/b8-4+. The number of nitrogens with zero attached hydrogens (tertiary/aromatic N) is 4. The maximum absolute atomic E-state index is 5.74. The van der Waals surface area contributed by atoms with Crippen LogP contribution in [0, 0.1) is 0 Å². The van der Waals surface area contributed by atoms with Crippen LogP contribution in [0.25, 0.3) is 17.4 Å². The van der Waals surface area contributed by atoms with Crippen LogP contribution >= 0.6 is 0 Å². The van der Waals surface area contributed by atoms with E-state index in [-0.39, 0.29) is 0 Å². The minimum absolute atomic E-state index is 0.403. The first kappa shape index (κ1) is 11.4. The molecule has 5 nitrogen and oxygen atoms in total. The van der Waals surface area contributed by atoms with Gasteiger partial charge < -0.3 is 5.73 Å². The van der Waals surface area contributed by atoms with Gasteiger partial charge in [0.05, 0.1) is 0 Å². The van der Waals surface area contributed by atoms with Crippen molar-refractivity contribution in [2.24, 2.45) is 0 Å². The number of imidazole rings is 1. The zero-order valence-corrected chi connectivity index (χ0v) is 10.3. The predicted octanol–water partition coefficient (Wildman–Crippen LogP) is 2.12. The quantitative estimate of drug-likeness (QED) is 0.774. The molecule has 1 aromatic carbocycles. The summed E-state index contributed by atoms with van der Waals surface area (Å²) in [5.41, 5.74) is 8.35. The van der Waals surface area contributed by atoms with Crippen LogP contribution in [0.1, 0.15) is 5.56 Å². The molecule has 2 heterocycles. The average Bonchev–Trinajstić information content (AvgIpc) is 2.85. The van der Waals surface area contributed by atoms with E-state index in [2.05, 4.69) is 33.2 Å². The highest BCUT2D eigenvalue weighted by Gasteiger charge is 2.05. The first-order chi connectivity index (χ1) is 9.34. The van der Waals surface area contributed by atoms with Gasteiger partial charge in [-0.2, -0.15) is 0 Å². The third kappa shape index (κ3) is 2.30. The van der Waals surface area contributed by atoms with Gasteiger partial charge in [0.25, 0.3) is 0 Å². The van der Waals surface area contributed by atoms with Crippen LogP contribution in [0.2, 0.25) is 0 Å². The lowest BCUT2D eigenvalue weighted by Crippen LogP contribution is -1.94. The largest absolute Gasteiger partial charge is 0.382 e. The van der Waals surface area contributed by atoms with Gasteiger partial charge in [-0.3, -0.25) is 4.57 Å². The number of anilines is 1. The molecule has 0 atom stereocenters. The highest BCUT2D eigenvalue weighted by molar-refractivity contribution is 5.82. The van der Waals surface area contributed by atoms with E-state index >= 15 is 0 Å². The molecule has 0 bridgehead atoms. The molecule has 0 unspecified atom stereocenters. The van der Waals surface area contributed by atoms with Crippen LogP contribution in [-0.2, 0) is 6.42 Å². The number of hydrogen-bond donors (Lipinski definition) is 1. The summed E-state index contributed by atoms with van der Waals surface area (Å²) in [7, 11) is 0. The fourth-order valence-corrected chi connectivity index (χ4v) is 1.90. The van der Waals surface area contributed by atoms with Gasteiger partial charge >= 0.3 is 0 Å². The van der Waals surface area contributed by atoms with Crippen molar-refractivity contribution in [2.75, 3.05) is 5.73 Å². The van der Waals surface area contributed by atoms with E-state index in [0.717, 1.165) is 12.1 Å². The van der Waals surface area contributed by atoms with E-state index < -0.39 is 0 Å². The summed E-state index contributed by atoms with van der Waals surface area (Å²) in [5, 5.41) is 0. The van der Waals surface area contributed by atoms with Crippen LogP contribution in [0.3, 0.4) is 0 Å². The number of allylic oxidation sites excluding steroid dienone is 1. The van der Waals surface area contributed by atoms with Crippen molar-refractivity contribution < 1.29 is 0 Å². The fraction of sp³-hybridized carbons (Fsp3) is 0.0714. The van der Waals surface area contributed by atoms with Gasteiger partial charge in [0.1, 0.15) is 12.7 Å². The Morgan fingerprint density at radius 1 is 1.11 bits per heavy atom. The lowest BCUT2D eigenvalue weighted by atomic mass is 10.1. The summed E-state index contributed by atoms with van der Waals surface area (Å²) in [4.78, 5) is 12.3. The molecule has 0 spiro atoms. The lowest BCUT2D eigenvalue weighted by Gasteiger charge is -1.97. The van der Waals surface area contributed by atoms with E-state index in [4.69, 9.17) is 5.73 Å². The molecule has 2 N–H and O–H groups in total. The number of fused-ring (bicyclic) bond motifs is 1. The molecule has 3 aromatic rings. The number of benzene rings is 1. The Morgan fingerprint density at radius 2 is 1.95 bits per heavy atom. The van der Waals surface area contributed by atoms with Gasteiger partial charge in [-0.05, 0) is 12.0 Å². The van der Waals surface area contributed by atoms with Crippen molar-refractivity contribution in [1.82, 2.24) is 19.5 Å². The highest BCUT2D eigenvalue weighted by Crippen LogP contribution is 2.14. The molecular formula is C14H13N5. The second-order valence-electron chi connectivity index (χ2n) is 4.16. The van der Waals surface area contributed by atoms with Crippen LogP contribution in [0.5, 0.6) is 0 Å². The second-order valence-corrected chi connectivity index (χ2v) is 4.16. The molecule has 94 valence electrons. The van der Waals surface area contributed by atoms with Crippen molar-refractivity contribution in [3.8, 4) is 0 Å². The van der Waals surface area contributed by atoms with Gasteiger partial charge in [0.2, 0.25) is 0 Å². The SMILES string of the molecule is Nc1ncnc2c1ncn2/C=C/Cc1ccccc1. The highest BCUT2D eigenvalue weighted by atomic mass is 15.1. The normalized spacial score (nSPS) is 11.4. The van der Waals surface area contributed by atoms with Gasteiger partial charge in [0.15, 0.2) is 17.0 Å². The average molecular weight is 251 g/mol. The summed E-state index contributed by atoms with van der Waals surface area (Å²) in [6.45, 7) is 0. The van der Waals surface area contributed by atoms with E-state index in [0.29, 0.717) is 11.3 Å². The smallest absolute Gasteiger partial charge is 0.169 e. The Hall–Kier alpha value is -2.69. The van der Waals surface area contributed by atoms with Gasteiger partial charge in [0, 0.05) is 6.20 Å². The molecule has 0 fully saturated rings. The first-order valence-electron chi connectivity index (χ1n) is 5.98. The molecule has 3 rings (SSSR count). The van der Waals surface area contributed by atoms with Gasteiger partial charge in [-0.25, -0.2) is 15.0 Å². The van der Waals surface area contributed by atoms with Gasteiger partial charge in [-0.15, -0.1) is 0 Å². The minimum atomic E-state index is 0.403. The molecule has 0 saturated carbocycles. The number of hydrogen-bond acceptors (Lipinski definition) is 4. The molecule has 2 aromatic heterocycles. The summed E-state index contributed by atoms with van der Waals surface area (Å²) >= 11 is 0. The topological polar surface area (TPSA) is 69.6 Å². The third-order valence-electron chi connectivity index (χ3n) is 2.85. The molecule has 0 radical (unpaired) electrons. The number of rotatable bonds is 3. The van der Waals surface area contributed by atoms with Crippen molar-refractivity contribution in [3.05, 3.63) is 54.6 Å². The van der Waals surface area contributed by atoms with Crippen LogP contribution in [0.15, 0.2) is 49.1 Å². The molecule has 0 amide bonds. The van der Waals surface area contributed by atoms with Crippen molar-refractivity contribution in [3.63, 3.8) is 0 Å². The Labute approximate surface area is 110 Å². The molecule has 5 heteroatoms. The van der Waals surface area contributed by atoms with Crippen LogP contribution in [-0.4, -0.2) is 19.5 Å². The predicted molar refractivity (Wildman–Crippen MR) is 75.2 cm³/mol. The fourth-order valence-electron chi connectivity index (χ4n) is 1.90. The minimum Gasteiger partial charge on any atom is -0.382 e. The molecular weight excluding hydrogens is 238 g/mol. The van der Waals surface area contributed by atoms with Crippen LogP contribution < -0.4 is 5.73 Å². The maximum atomic E-state index is 5.74. The molecule has 0 aliphatic carbocycles. The van der Waals surface area contributed by atoms with E-state index in [1.54, 1.807) is 6.33 Å². The molecule has 19 heavy (non-hydrogen) atoms. The van der Waals surface area contributed by atoms with Crippen molar-refractivity contribution in [2.45, 2.75) is 6.42 Å². The van der Waals surface area contributed by atoms with Gasteiger partial charge in [-0.1, -0.05) is 36.4 Å². The zero-order valence-electron chi connectivity index (χ0n) is 10.3. The first-order valence-corrected chi connectivity index (χ1v) is 5.98. The van der Waals surface area contributed by atoms with Crippen LogP contribution in [0.4, 0.5) is 5.82 Å². The zero-order chi connectivity index (χ0) is 13.1. The van der Waals surface area contributed by atoms with E-state index in [1.807, 2.05) is 29.0 Å². The Bertz CT molecular complexity index is 715. The third-order valence-corrected chi connectivity index (χ3v) is 2.85. The maximum Gasteiger partial charge on any atom is 0.169 e. The van der Waals surface area contributed by atoms with Crippen molar-refractivity contribution >= 4 is 23.2 Å². The van der Waals surface area contributed by atoms with Crippen molar-refractivity contribution in [1.29, 1.82) is 0 Å². The Morgan fingerprint density at radius 3 is 2.79 bits per heavy atom. The number of nitrogen functional groups attached to an aromatic ring is 1. The summed E-state index contributed by atoms with van der Waals surface area (Å²) in [6.07, 6.45) is 8.00. The Kier molecular flexibility index (Phi) is 2.94. The Balaban J connectivity index is 1.84. The van der Waals surface area contributed by atoms with E-state index in [9.17, 15) is 0 Å². The molecule has 0 saturated heterocycles. The van der Waals surface area contributed by atoms with E-state index in [1.165, 1.54) is 11.9 Å². The monoisotopic (exact) mass is 251 g/mol. The number of aromatic nitrogens is 4. The summed E-state index contributed by atoms with van der Waals surface area (Å²) in [5.74, 6) is 0.403. The number of nitrogens with two attached hydrogens (primary N) is 1.